The quantitative estimate of drug-likeness (QED) is 0.294. The number of nitrogens with zero attached hydrogens (tertiary/aromatic N) is 3. The van der Waals surface area contributed by atoms with Crippen LogP contribution in [0, 0.1) is 0 Å². The molecular formula is C8H8Cl2N4O2. The van der Waals surface area contributed by atoms with E-state index >= 15 is 0 Å². The maximum Gasteiger partial charge on any atom is 0.372 e. The van der Waals surface area contributed by atoms with E-state index in [0.29, 0.717) is 6.42 Å². The summed E-state index contributed by atoms with van der Waals surface area (Å²) in [6.45, 7) is 1.76. The topological polar surface area (TPSA) is 90.5 Å². The first-order valence-electron chi connectivity index (χ1n) is 4.26. The molecule has 8 heteroatoms. The maximum atomic E-state index is 11.5. The van der Waals surface area contributed by atoms with E-state index in [-0.39, 0.29) is 21.7 Å². The van der Waals surface area contributed by atoms with Gasteiger partial charge >= 0.3 is 5.97 Å². The Hall–Kier alpha value is -1.40. The fourth-order valence-corrected chi connectivity index (χ4v) is 1.19. The van der Waals surface area contributed by atoms with E-state index in [1.54, 1.807) is 6.92 Å². The molecule has 86 valence electrons. The summed E-state index contributed by atoms with van der Waals surface area (Å²) >= 11 is 11.3. The average Bonchev–Trinajstić information content (AvgIpc) is 2.25. The number of nitrogens with two attached hydrogens (primary N) is 1. The average molecular weight is 263 g/mol. The monoisotopic (exact) mass is 262 g/mol. The van der Waals surface area contributed by atoms with Gasteiger partial charge in [0.05, 0.1) is 0 Å². The summed E-state index contributed by atoms with van der Waals surface area (Å²) in [5, 5.41) is 3.17. The van der Waals surface area contributed by atoms with Gasteiger partial charge in [0.25, 0.3) is 0 Å². The van der Waals surface area contributed by atoms with Gasteiger partial charge in [-0.2, -0.15) is 0 Å². The summed E-state index contributed by atoms with van der Waals surface area (Å²) in [6, 6.07) is 0. The lowest BCUT2D eigenvalue weighted by Gasteiger charge is -2.01. The van der Waals surface area contributed by atoms with Crippen molar-refractivity contribution in [3.05, 3.63) is 22.2 Å². The Kier molecular flexibility index (Phi) is 4.45. The molecule has 0 radical (unpaired) electrons. The SMILES string of the molecule is CC/C(N)=N/OC(=O)c1c(Cl)ncnc1Cl. The number of halogens is 2. The van der Waals surface area contributed by atoms with Crippen LogP contribution in [-0.2, 0) is 4.84 Å². The third kappa shape index (κ3) is 3.04. The summed E-state index contributed by atoms with van der Waals surface area (Å²) in [7, 11) is 0. The Morgan fingerprint density at radius 1 is 1.50 bits per heavy atom. The first-order valence-corrected chi connectivity index (χ1v) is 5.01. The minimum atomic E-state index is -0.855. The predicted molar refractivity (Wildman–Crippen MR) is 59.4 cm³/mol. The van der Waals surface area contributed by atoms with E-state index in [1.807, 2.05) is 0 Å². The van der Waals surface area contributed by atoms with Gasteiger partial charge in [-0.05, 0) is 0 Å². The van der Waals surface area contributed by atoms with Crippen molar-refractivity contribution >= 4 is 35.0 Å². The molecule has 0 atom stereocenters. The summed E-state index contributed by atoms with van der Waals surface area (Å²) in [6.07, 6.45) is 1.59. The molecule has 16 heavy (non-hydrogen) atoms. The minimum Gasteiger partial charge on any atom is -0.384 e. The number of amidine groups is 1. The van der Waals surface area contributed by atoms with Crippen molar-refractivity contribution in [3.8, 4) is 0 Å². The largest absolute Gasteiger partial charge is 0.384 e. The van der Waals surface area contributed by atoms with Crippen LogP contribution in [0.1, 0.15) is 23.7 Å². The number of carbonyl (C=O) groups excluding carboxylic acids is 1. The predicted octanol–water partition coefficient (Wildman–Crippen LogP) is 1.62. The Morgan fingerprint density at radius 2 is 2.06 bits per heavy atom. The van der Waals surface area contributed by atoms with E-state index in [9.17, 15) is 4.79 Å². The van der Waals surface area contributed by atoms with Crippen LogP contribution < -0.4 is 5.73 Å². The van der Waals surface area contributed by atoms with E-state index in [1.165, 1.54) is 0 Å². The molecule has 1 rings (SSSR count). The number of hydrogen-bond acceptors (Lipinski definition) is 5. The van der Waals surface area contributed by atoms with Crippen LogP contribution in [0.4, 0.5) is 0 Å². The Morgan fingerprint density at radius 3 is 2.56 bits per heavy atom. The van der Waals surface area contributed by atoms with Gasteiger partial charge in [0.2, 0.25) is 0 Å². The second-order valence-corrected chi connectivity index (χ2v) is 3.36. The third-order valence-electron chi connectivity index (χ3n) is 1.57. The molecule has 1 aromatic heterocycles. The molecule has 0 spiro atoms. The maximum absolute atomic E-state index is 11.5. The molecule has 0 amide bonds. The number of hydrogen-bond donors (Lipinski definition) is 1. The minimum absolute atomic E-state index is 0.102. The lowest BCUT2D eigenvalue weighted by molar-refractivity contribution is 0.0514. The molecular weight excluding hydrogens is 255 g/mol. The van der Waals surface area contributed by atoms with Crippen LogP contribution in [0.2, 0.25) is 10.3 Å². The summed E-state index contributed by atoms with van der Waals surface area (Å²) in [5.41, 5.74) is 5.21. The van der Waals surface area contributed by atoms with Gasteiger partial charge in [-0.25, -0.2) is 14.8 Å². The fourth-order valence-electron chi connectivity index (χ4n) is 0.723. The Labute approximate surface area is 101 Å². The molecule has 0 unspecified atom stereocenters. The van der Waals surface area contributed by atoms with Gasteiger partial charge in [0.1, 0.15) is 28.0 Å². The molecule has 0 aliphatic rings. The third-order valence-corrected chi connectivity index (χ3v) is 2.14. The molecule has 1 aromatic rings. The molecule has 6 nitrogen and oxygen atoms in total. The first kappa shape index (κ1) is 12.7. The van der Waals surface area contributed by atoms with Crippen molar-refractivity contribution in [3.63, 3.8) is 0 Å². The number of aromatic nitrogens is 2. The van der Waals surface area contributed by atoms with Gasteiger partial charge in [-0.1, -0.05) is 35.3 Å². The fraction of sp³-hybridized carbons (Fsp3) is 0.250. The molecule has 0 aliphatic carbocycles. The summed E-state index contributed by atoms with van der Waals surface area (Å²) in [5.74, 6) is -0.676. The van der Waals surface area contributed by atoms with E-state index in [0.717, 1.165) is 6.33 Å². The zero-order valence-electron chi connectivity index (χ0n) is 8.28. The van der Waals surface area contributed by atoms with Crippen molar-refractivity contribution in [1.82, 2.24) is 9.97 Å². The second kappa shape index (κ2) is 5.62. The van der Waals surface area contributed by atoms with Crippen molar-refractivity contribution in [2.45, 2.75) is 13.3 Å². The number of rotatable bonds is 3. The van der Waals surface area contributed by atoms with Crippen LogP contribution in [0.25, 0.3) is 0 Å². The van der Waals surface area contributed by atoms with Crippen LogP contribution in [0.5, 0.6) is 0 Å². The highest BCUT2D eigenvalue weighted by Gasteiger charge is 2.18. The summed E-state index contributed by atoms with van der Waals surface area (Å²) in [4.78, 5) is 23.2. The van der Waals surface area contributed by atoms with Crippen LogP contribution in [-0.4, -0.2) is 21.8 Å². The standard InChI is InChI=1S/C8H8Cl2N4O2/c1-2-4(11)14-16-8(15)5-6(9)12-3-13-7(5)10/h3H,2H2,1H3,(H2,11,14). The Bertz CT molecular complexity index is 416. The van der Waals surface area contributed by atoms with E-state index < -0.39 is 5.97 Å². The number of carbonyl (C=O) groups is 1. The van der Waals surface area contributed by atoms with Crippen LogP contribution in [0.3, 0.4) is 0 Å². The highest BCUT2D eigenvalue weighted by Crippen LogP contribution is 2.20. The molecule has 1 heterocycles. The van der Waals surface area contributed by atoms with Crippen molar-refractivity contribution in [1.29, 1.82) is 0 Å². The molecule has 0 aliphatic heterocycles. The van der Waals surface area contributed by atoms with Gasteiger partial charge < -0.3 is 10.6 Å². The molecule has 0 aromatic carbocycles. The lowest BCUT2D eigenvalue weighted by atomic mass is 10.3. The van der Waals surface area contributed by atoms with Crippen molar-refractivity contribution < 1.29 is 9.63 Å². The summed E-state index contributed by atoms with van der Waals surface area (Å²) < 4.78 is 0. The van der Waals surface area contributed by atoms with Crippen molar-refractivity contribution in [2.24, 2.45) is 10.9 Å². The lowest BCUT2D eigenvalue weighted by Crippen LogP contribution is -2.13. The van der Waals surface area contributed by atoms with E-state index in [4.69, 9.17) is 28.9 Å². The van der Waals surface area contributed by atoms with Gasteiger partial charge in [-0.3, -0.25) is 0 Å². The highest BCUT2D eigenvalue weighted by atomic mass is 35.5. The van der Waals surface area contributed by atoms with Crippen molar-refractivity contribution in [2.75, 3.05) is 0 Å². The van der Waals surface area contributed by atoms with E-state index in [2.05, 4.69) is 20.0 Å². The zero-order chi connectivity index (χ0) is 12.1. The molecule has 2 N–H and O–H groups in total. The molecule has 0 saturated carbocycles. The molecule has 0 bridgehead atoms. The van der Waals surface area contributed by atoms with Gasteiger partial charge in [0, 0.05) is 6.42 Å². The van der Waals surface area contributed by atoms with Crippen LogP contribution in [0.15, 0.2) is 11.5 Å². The van der Waals surface area contributed by atoms with Gasteiger partial charge in [0.15, 0.2) is 0 Å². The highest BCUT2D eigenvalue weighted by molar-refractivity contribution is 6.37. The molecule has 0 saturated heterocycles. The normalized spacial score (nSPS) is 11.3. The molecule has 0 fully saturated rings. The smallest absolute Gasteiger partial charge is 0.372 e. The second-order valence-electron chi connectivity index (χ2n) is 2.65. The number of oxime groups is 1. The van der Waals surface area contributed by atoms with Gasteiger partial charge in [-0.15, -0.1) is 0 Å². The zero-order valence-corrected chi connectivity index (χ0v) is 9.79. The first-order chi connectivity index (χ1) is 7.56. The Balaban J connectivity index is 2.89. The van der Waals surface area contributed by atoms with Crippen LogP contribution >= 0.6 is 23.2 Å².